The molecule has 0 aliphatic rings. The van der Waals surface area contributed by atoms with Crippen molar-refractivity contribution in [3.8, 4) is 11.5 Å². The molecule has 0 radical (unpaired) electrons. The summed E-state index contributed by atoms with van der Waals surface area (Å²) < 4.78 is 29.1. The van der Waals surface area contributed by atoms with Gasteiger partial charge in [-0.1, -0.05) is 18.2 Å². The van der Waals surface area contributed by atoms with Gasteiger partial charge in [-0.2, -0.15) is 0 Å². The topological polar surface area (TPSA) is 101 Å². The molecule has 0 saturated carbocycles. The van der Waals surface area contributed by atoms with Crippen molar-refractivity contribution in [2.45, 2.75) is 6.54 Å². The van der Waals surface area contributed by atoms with Crippen molar-refractivity contribution >= 4 is 15.9 Å². The third-order valence-electron chi connectivity index (χ3n) is 2.53. The van der Waals surface area contributed by atoms with Crippen LogP contribution >= 0.6 is 0 Å². The minimum atomic E-state index is -3.38. The van der Waals surface area contributed by atoms with E-state index in [1.165, 1.54) is 6.26 Å². The molecule has 8 heteroatoms. The van der Waals surface area contributed by atoms with Gasteiger partial charge >= 0.3 is 0 Å². The van der Waals surface area contributed by atoms with Gasteiger partial charge in [-0.15, -0.1) is 0 Å². The van der Waals surface area contributed by atoms with Gasteiger partial charge in [0.05, 0.1) is 25.0 Å². The molecule has 0 aliphatic heterocycles. The Labute approximate surface area is 122 Å². The molecule has 2 N–H and O–H groups in total. The maximum absolute atomic E-state index is 11.4. The molecule has 2 rings (SSSR count). The van der Waals surface area contributed by atoms with Crippen LogP contribution in [0.1, 0.15) is 5.69 Å². The third kappa shape index (κ3) is 5.01. The Hall–Kier alpha value is -2.19. The van der Waals surface area contributed by atoms with Crippen LogP contribution in [0.15, 0.2) is 41.0 Å². The van der Waals surface area contributed by atoms with Gasteiger partial charge in [0.1, 0.15) is 6.26 Å². The second-order valence-electron chi connectivity index (χ2n) is 4.38. The van der Waals surface area contributed by atoms with Gasteiger partial charge in [0.25, 0.3) is 0 Å². The minimum absolute atomic E-state index is 0.167. The van der Waals surface area contributed by atoms with E-state index in [0.717, 1.165) is 11.8 Å². The van der Waals surface area contributed by atoms with Gasteiger partial charge in [0, 0.05) is 5.56 Å². The summed E-state index contributed by atoms with van der Waals surface area (Å²) in [5.74, 6) is 0.0267. The van der Waals surface area contributed by atoms with E-state index >= 15 is 0 Å². The molecule has 0 unspecified atom stereocenters. The normalized spacial score (nSPS) is 11.3. The first kappa shape index (κ1) is 15.2. The second kappa shape index (κ2) is 6.51. The van der Waals surface area contributed by atoms with Crippen molar-refractivity contribution in [3.05, 3.63) is 42.3 Å². The molecular weight excluding hydrogens is 294 g/mol. The first-order valence-corrected chi connectivity index (χ1v) is 8.04. The number of carbonyl (C=O) groups excluding carboxylic acids is 1. The zero-order valence-corrected chi connectivity index (χ0v) is 12.2. The maximum Gasteiger partial charge on any atom is 0.235 e. The van der Waals surface area contributed by atoms with Crippen LogP contribution in [0.3, 0.4) is 0 Å². The lowest BCUT2D eigenvalue weighted by molar-refractivity contribution is -0.120. The fraction of sp³-hybridized carbons (Fsp3) is 0.231. The molecule has 0 atom stereocenters. The number of aromatic nitrogens is 1. The van der Waals surface area contributed by atoms with Crippen molar-refractivity contribution in [2.75, 3.05) is 12.8 Å². The van der Waals surface area contributed by atoms with Crippen molar-refractivity contribution in [3.63, 3.8) is 0 Å². The predicted molar refractivity (Wildman–Crippen MR) is 76.6 cm³/mol. The average Bonchev–Trinajstić information content (AvgIpc) is 2.92. The average molecular weight is 309 g/mol. The summed E-state index contributed by atoms with van der Waals surface area (Å²) in [6, 6.07) is 9.37. The van der Waals surface area contributed by atoms with Gasteiger partial charge in [0.2, 0.25) is 21.8 Å². The number of nitrogens with zero attached hydrogens (tertiary/aromatic N) is 1. The number of sulfonamides is 1. The van der Waals surface area contributed by atoms with E-state index in [1.54, 1.807) is 0 Å². The Morgan fingerprint density at radius 1 is 1.29 bits per heavy atom. The summed E-state index contributed by atoms with van der Waals surface area (Å²) in [7, 11) is -3.38. The highest BCUT2D eigenvalue weighted by Gasteiger charge is 2.09. The number of rotatable bonds is 6. The Kier molecular flexibility index (Phi) is 4.71. The van der Waals surface area contributed by atoms with Crippen molar-refractivity contribution in [2.24, 2.45) is 0 Å². The number of amides is 1. The van der Waals surface area contributed by atoms with Gasteiger partial charge in [-0.25, -0.2) is 18.1 Å². The van der Waals surface area contributed by atoms with Crippen LogP contribution < -0.4 is 10.0 Å². The SMILES string of the molecule is CS(=O)(=O)NCC(=O)NCc1coc(-c2ccccc2)n1. The van der Waals surface area contributed by atoms with Crippen LogP contribution in [-0.2, 0) is 21.4 Å². The molecule has 1 aromatic carbocycles. The molecule has 7 nitrogen and oxygen atoms in total. The molecule has 0 spiro atoms. The fourth-order valence-electron chi connectivity index (χ4n) is 1.55. The number of hydrogen-bond acceptors (Lipinski definition) is 5. The standard InChI is InChI=1S/C13H15N3O4S/c1-21(18,19)15-8-12(17)14-7-11-9-20-13(16-11)10-5-3-2-4-6-10/h2-6,9,15H,7-8H2,1H3,(H,14,17). The van der Waals surface area contributed by atoms with Crippen molar-refractivity contribution in [1.82, 2.24) is 15.0 Å². The molecule has 0 bridgehead atoms. The van der Waals surface area contributed by atoms with Gasteiger partial charge in [0.15, 0.2) is 0 Å². The number of carbonyl (C=O) groups is 1. The van der Waals surface area contributed by atoms with Crippen LogP contribution in [0.4, 0.5) is 0 Å². The molecule has 0 saturated heterocycles. The number of benzene rings is 1. The van der Waals surface area contributed by atoms with Crippen LogP contribution in [-0.4, -0.2) is 32.1 Å². The minimum Gasteiger partial charge on any atom is -0.444 e. The summed E-state index contributed by atoms with van der Waals surface area (Å²) >= 11 is 0. The summed E-state index contributed by atoms with van der Waals surface area (Å²) in [6.45, 7) is -0.136. The quantitative estimate of drug-likeness (QED) is 0.809. The first-order valence-electron chi connectivity index (χ1n) is 6.15. The highest BCUT2D eigenvalue weighted by Crippen LogP contribution is 2.17. The number of nitrogens with one attached hydrogen (secondary N) is 2. The maximum atomic E-state index is 11.4. The number of oxazole rings is 1. The molecule has 1 aromatic heterocycles. The molecule has 112 valence electrons. The highest BCUT2D eigenvalue weighted by molar-refractivity contribution is 7.88. The first-order chi connectivity index (χ1) is 9.94. The summed E-state index contributed by atoms with van der Waals surface area (Å²) in [6.07, 6.45) is 2.44. The lowest BCUT2D eigenvalue weighted by Crippen LogP contribution is -2.36. The molecule has 1 amide bonds. The Bertz CT molecular complexity index is 710. The fourth-order valence-corrected chi connectivity index (χ4v) is 1.94. The Morgan fingerprint density at radius 3 is 2.67 bits per heavy atom. The van der Waals surface area contributed by atoms with Crippen LogP contribution in [0.5, 0.6) is 0 Å². The van der Waals surface area contributed by atoms with E-state index in [-0.39, 0.29) is 13.1 Å². The summed E-state index contributed by atoms with van der Waals surface area (Å²) in [4.78, 5) is 15.7. The highest BCUT2D eigenvalue weighted by atomic mass is 32.2. The Balaban J connectivity index is 1.87. The van der Waals surface area contributed by atoms with Crippen LogP contribution in [0.25, 0.3) is 11.5 Å². The lowest BCUT2D eigenvalue weighted by atomic mass is 10.2. The van der Waals surface area contributed by atoms with E-state index in [2.05, 4.69) is 15.0 Å². The molecule has 0 fully saturated rings. The van der Waals surface area contributed by atoms with E-state index in [0.29, 0.717) is 11.6 Å². The lowest BCUT2D eigenvalue weighted by Gasteiger charge is -2.03. The van der Waals surface area contributed by atoms with Gasteiger partial charge in [-0.3, -0.25) is 4.79 Å². The van der Waals surface area contributed by atoms with Crippen LogP contribution in [0, 0.1) is 0 Å². The van der Waals surface area contributed by atoms with Crippen molar-refractivity contribution < 1.29 is 17.6 Å². The Morgan fingerprint density at radius 2 is 2.00 bits per heavy atom. The zero-order chi connectivity index (χ0) is 15.3. The second-order valence-corrected chi connectivity index (χ2v) is 6.21. The number of hydrogen-bond donors (Lipinski definition) is 2. The van der Waals surface area contributed by atoms with Gasteiger partial charge < -0.3 is 9.73 Å². The third-order valence-corrected chi connectivity index (χ3v) is 3.20. The molecule has 1 heterocycles. The molecular formula is C13H15N3O4S. The summed E-state index contributed by atoms with van der Waals surface area (Å²) in [5, 5.41) is 2.55. The molecule has 2 aromatic rings. The monoisotopic (exact) mass is 309 g/mol. The summed E-state index contributed by atoms with van der Waals surface area (Å²) in [5.41, 5.74) is 1.40. The zero-order valence-electron chi connectivity index (χ0n) is 11.4. The smallest absolute Gasteiger partial charge is 0.235 e. The van der Waals surface area contributed by atoms with E-state index in [4.69, 9.17) is 4.42 Å². The van der Waals surface area contributed by atoms with Crippen LogP contribution in [0.2, 0.25) is 0 Å². The molecule has 0 aliphatic carbocycles. The molecule has 21 heavy (non-hydrogen) atoms. The predicted octanol–water partition coefficient (Wildman–Crippen LogP) is 0.507. The van der Waals surface area contributed by atoms with Crippen molar-refractivity contribution in [1.29, 1.82) is 0 Å². The van der Waals surface area contributed by atoms with E-state index in [1.807, 2.05) is 30.3 Å². The largest absolute Gasteiger partial charge is 0.444 e. The van der Waals surface area contributed by atoms with Gasteiger partial charge in [-0.05, 0) is 12.1 Å². The van der Waals surface area contributed by atoms with E-state index in [9.17, 15) is 13.2 Å². The van der Waals surface area contributed by atoms with E-state index < -0.39 is 15.9 Å².